The van der Waals surface area contributed by atoms with Crippen LogP contribution in [0.25, 0.3) is 0 Å². The number of allylic oxidation sites excluding steroid dienone is 3. The third kappa shape index (κ3) is 4.44. The van der Waals surface area contributed by atoms with Crippen LogP contribution >= 0.6 is 12.6 Å². The summed E-state index contributed by atoms with van der Waals surface area (Å²) in [5, 5.41) is 10.7. The van der Waals surface area contributed by atoms with E-state index in [0.29, 0.717) is 11.7 Å². The van der Waals surface area contributed by atoms with Crippen molar-refractivity contribution >= 4 is 12.6 Å². The number of phenolic OH excluding ortho intramolecular Hbond substituents is 1. The lowest BCUT2D eigenvalue weighted by Gasteiger charge is -2.32. The van der Waals surface area contributed by atoms with E-state index in [1.54, 1.807) is 0 Å². The van der Waals surface area contributed by atoms with Gasteiger partial charge >= 0.3 is 0 Å². The second-order valence-electron chi connectivity index (χ2n) is 7.04. The molecule has 0 saturated carbocycles. The Kier molecular flexibility index (Phi) is 6.41. The maximum atomic E-state index is 10.7. The topological polar surface area (TPSA) is 20.2 Å². The zero-order chi connectivity index (χ0) is 17.0. The van der Waals surface area contributed by atoms with E-state index in [0.717, 1.165) is 29.7 Å². The summed E-state index contributed by atoms with van der Waals surface area (Å²) in [6, 6.07) is 4.08. The van der Waals surface area contributed by atoms with Crippen molar-refractivity contribution in [2.75, 3.05) is 0 Å². The first-order valence-corrected chi connectivity index (χ1v) is 9.26. The van der Waals surface area contributed by atoms with E-state index in [9.17, 15) is 5.11 Å². The van der Waals surface area contributed by atoms with Gasteiger partial charge in [-0.3, -0.25) is 0 Å². The first-order valence-electron chi connectivity index (χ1n) is 8.81. The summed E-state index contributed by atoms with van der Waals surface area (Å²) in [4.78, 5) is 0.915. The maximum absolute atomic E-state index is 10.7. The van der Waals surface area contributed by atoms with E-state index in [1.807, 2.05) is 6.07 Å². The number of hydrogen-bond acceptors (Lipinski definition) is 2. The quantitative estimate of drug-likeness (QED) is 0.350. The number of hydrogen-bond donors (Lipinski definition) is 2. The first-order chi connectivity index (χ1) is 10.9. The fraction of sp³-hybridized carbons (Fsp3) is 0.524. The molecule has 1 aliphatic carbocycles. The lowest BCUT2D eigenvalue weighted by Crippen LogP contribution is -2.17. The average Bonchev–Trinajstić information content (AvgIpc) is 2.46. The van der Waals surface area contributed by atoms with E-state index < -0.39 is 0 Å². The van der Waals surface area contributed by atoms with Crippen LogP contribution in [-0.2, 0) is 6.42 Å². The maximum Gasteiger partial charge on any atom is 0.120 e. The monoisotopic (exact) mass is 330 g/mol. The molecule has 0 radical (unpaired) electrons. The van der Waals surface area contributed by atoms with Crippen molar-refractivity contribution in [3.8, 4) is 5.75 Å². The summed E-state index contributed by atoms with van der Waals surface area (Å²) in [6.45, 7) is 10.7. The van der Waals surface area contributed by atoms with E-state index in [4.69, 9.17) is 12.6 Å². The highest BCUT2D eigenvalue weighted by Crippen LogP contribution is 2.45. The van der Waals surface area contributed by atoms with Crippen molar-refractivity contribution in [2.24, 2.45) is 5.92 Å². The summed E-state index contributed by atoms with van der Waals surface area (Å²) >= 11 is 4.71. The van der Waals surface area contributed by atoms with Crippen molar-refractivity contribution in [3.63, 3.8) is 0 Å². The Hall–Kier alpha value is -1.15. The van der Waals surface area contributed by atoms with Crippen LogP contribution in [0, 0.1) is 5.92 Å². The van der Waals surface area contributed by atoms with Crippen LogP contribution in [0.2, 0.25) is 0 Å². The predicted molar refractivity (Wildman–Crippen MR) is 103 cm³/mol. The Morgan fingerprint density at radius 2 is 2.09 bits per heavy atom. The third-order valence-electron chi connectivity index (χ3n) is 4.98. The first kappa shape index (κ1) is 18.2. The van der Waals surface area contributed by atoms with E-state index in [-0.39, 0.29) is 5.92 Å². The minimum Gasteiger partial charge on any atom is -0.508 e. The van der Waals surface area contributed by atoms with Gasteiger partial charge in [-0.2, -0.15) is 0 Å². The fourth-order valence-electron chi connectivity index (χ4n) is 3.65. The summed E-state index contributed by atoms with van der Waals surface area (Å²) in [7, 11) is 0. The van der Waals surface area contributed by atoms with Gasteiger partial charge in [0.2, 0.25) is 0 Å². The molecule has 1 aromatic rings. The van der Waals surface area contributed by atoms with Crippen molar-refractivity contribution < 1.29 is 5.11 Å². The van der Waals surface area contributed by atoms with Crippen molar-refractivity contribution in [2.45, 2.75) is 70.1 Å². The van der Waals surface area contributed by atoms with Crippen LogP contribution in [0.4, 0.5) is 0 Å². The lowest BCUT2D eigenvalue weighted by molar-refractivity contribution is 0.431. The van der Waals surface area contributed by atoms with E-state index in [2.05, 4.69) is 39.5 Å². The molecule has 1 aliphatic rings. The Bertz CT molecular complexity index is 577. The molecule has 0 bridgehead atoms. The molecule has 1 nitrogen and oxygen atoms in total. The molecule has 0 amide bonds. The molecule has 23 heavy (non-hydrogen) atoms. The summed E-state index contributed by atoms with van der Waals surface area (Å²) in [6.07, 6.45) is 9.14. The third-order valence-corrected chi connectivity index (χ3v) is 5.35. The highest BCUT2D eigenvalue weighted by atomic mass is 32.1. The van der Waals surface area contributed by atoms with Gasteiger partial charge in [0.25, 0.3) is 0 Å². The minimum atomic E-state index is 0.193. The van der Waals surface area contributed by atoms with Gasteiger partial charge in [0.1, 0.15) is 5.75 Å². The SMILES string of the molecule is C=C(C)[C@@H]1CCC(C)=C[C@H]1c1c(O)cc(CCCCC)cc1S. The number of unbranched alkanes of at least 4 members (excludes halogenated alkanes) is 2. The molecule has 0 spiro atoms. The van der Waals surface area contributed by atoms with Gasteiger partial charge < -0.3 is 5.11 Å². The summed E-state index contributed by atoms with van der Waals surface area (Å²) < 4.78 is 0. The number of benzene rings is 1. The van der Waals surface area contributed by atoms with Crippen LogP contribution in [0.15, 0.2) is 40.8 Å². The molecule has 0 unspecified atom stereocenters. The molecule has 0 aromatic heterocycles. The summed E-state index contributed by atoms with van der Waals surface area (Å²) in [5.41, 5.74) is 4.75. The Morgan fingerprint density at radius 1 is 1.35 bits per heavy atom. The molecule has 2 rings (SSSR count). The molecule has 126 valence electrons. The zero-order valence-electron chi connectivity index (χ0n) is 14.7. The van der Waals surface area contributed by atoms with Crippen LogP contribution in [0.3, 0.4) is 0 Å². The van der Waals surface area contributed by atoms with Crippen LogP contribution in [-0.4, -0.2) is 5.11 Å². The van der Waals surface area contributed by atoms with Gasteiger partial charge in [0.05, 0.1) is 0 Å². The Balaban J connectivity index is 2.34. The van der Waals surface area contributed by atoms with Crippen molar-refractivity contribution in [1.29, 1.82) is 0 Å². The van der Waals surface area contributed by atoms with Crippen LogP contribution < -0.4 is 0 Å². The molecule has 2 heteroatoms. The number of aryl methyl sites for hydroxylation is 1. The average molecular weight is 331 g/mol. The lowest BCUT2D eigenvalue weighted by atomic mass is 9.74. The minimum absolute atomic E-state index is 0.193. The molecule has 0 fully saturated rings. The molecular formula is C21H30OS. The predicted octanol–water partition coefficient (Wildman–Crippen LogP) is 6.43. The highest BCUT2D eigenvalue weighted by Gasteiger charge is 2.29. The van der Waals surface area contributed by atoms with Gasteiger partial charge in [-0.25, -0.2) is 0 Å². The van der Waals surface area contributed by atoms with Gasteiger partial charge in [0.15, 0.2) is 0 Å². The Labute approximate surface area is 146 Å². The summed E-state index contributed by atoms with van der Waals surface area (Å²) in [5.74, 6) is 0.978. The van der Waals surface area contributed by atoms with Gasteiger partial charge in [0, 0.05) is 16.4 Å². The Morgan fingerprint density at radius 3 is 2.70 bits per heavy atom. The van der Waals surface area contributed by atoms with Crippen LogP contribution in [0.5, 0.6) is 5.75 Å². The molecule has 1 N–H and O–H groups in total. The number of aromatic hydroxyl groups is 1. The van der Waals surface area contributed by atoms with Crippen molar-refractivity contribution in [3.05, 3.63) is 47.1 Å². The number of rotatable bonds is 6. The molecule has 0 saturated heterocycles. The number of thiol groups is 1. The number of phenols is 1. The smallest absolute Gasteiger partial charge is 0.120 e. The second-order valence-corrected chi connectivity index (χ2v) is 7.52. The standard InChI is InChI=1S/C21H30OS/c1-5-6-7-8-16-12-19(22)21(20(23)13-16)18-11-15(4)9-10-17(18)14(2)3/h11-13,17-18,22-23H,2,5-10H2,1,3-4H3/t17-,18+/m0/s1. The largest absolute Gasteiger partial charge is 0.508 e. The molecule has 2 atom stereocenters. The van der Waals surface area contributed by atoms with Gasteiger partial charge in [-0.15, -0.1) is 12.6 Å². The molecule has 0 aliphatic heterocycles. The molecule has 1 aromatic carbocycles. The highest BCUT2D eigenvalue weighted by molar-refractivity contribution is 7.80. The molecular weight excluding hydrogens is 300 g/mol. The van der Waals surface area contributed by atoms with Crippen molar-refractivity contribution in [1.82, 2.24) is 0 Å². The van der Waals surface area contributed by atoms with Gasteiger partial charge in [-0.05, 0) is 63.1 Å². The van der Waals surface area contributed by atoms with Crippen LogP contribution in [0.1, 0.15) is 69.9 Å². The molecule has 0 heterocycles. The van der Waals surface area contributed by atoms with E-state index in [1.165, 1.54) is 36.0 Å². The van der Waals surface area contributed by atoms with E-state index >= 15 is 0 Å². The fourth-order valence-corrected chi connectivity index (χ4v) is 4.08. The van der Waals surface area contributed by atoms with Gasteiger partial charge in [-0.1, -0.05) is 43.6 Å². The second kappa shape index (κ2) is 8.10. The normalized spacial score (nSPS) is 21.1. The zero-order valence-corrected chi connectivity index (χ0v) is 15.6.